The molecule has 0 aromatic heterocycles. The lowest BCUT2D eigenvalue weighted by Gasteiger charge is -2.33. The highest BCUT2D eigenvalue weighted by Gasteiger charge is 2.31. The molecule has 174 valence electrons. The van der Waals surface area contributed by atoms with E-state index in [0.29, 0.717) is 22.0 Å². The Bertz CT molecular complexity index is 906. The molecule has 0 heterocycles. The summed E-state index contributed by atoms with van der Waals surface area (Å²) >= 11 is 14.3. The number of nitrogens with zero attached hydrogens (tertiary/aromatic N) is 1. The van der Waals surface area contributed by atoms with Crippen LogP contribution in [-0.2, 0) is 21.9 Å². The molecule has 2 aromatic rings. The van der Waals surface area contributed by atoms with Crippen LogP contribution in [0.5, 0.6) is 0 Å². The van der Waals surface area contributed by atoms with Crippen molar-refractivity contribution >= 4 is 46.8 Å². The average Bonchev–Trinajstić information content (AvgIpc) is 2.70. The highest BCUT2D eigenvalue weighted by atomic mass is 35.5. The van der Waals surface area contributed by atoms with E-state index in [-0.39, 0.29) is 24.1 Å². The zero-order valence-corrected chi connectivity index (χ0v) is 21.7. The summed E-state index contributed by atoms with van der Waals surface area (Å²) in [6.45, 7) is 9.90. The monoisotopic (exact) mass is 494 g/mol. The van der Waals surface area contributed by atoms with Gasteiger partial charge in [0.25, 0.3) is 0 Å². The minimum atomic E-state index is -0.617. The van der Waals surface area contributed by atoms with Gasteiger partial charge in [0.2, 0.25) is 11.8 Å². The van der Waals surface area contributed by atoms with Gasteiger partial charge >= 0.3 is 0 Å². The molecule has 4 nitrogen and oxygen atoms in total. The van der Waals surface area contributed by atoms with Gasteiger partial charge in [0.15, 0.2) is 0 Å². The molecule has 0 unspecified atom stereocenters. The molecule has 0 saturated heterocycles. The number of carbonyl (C=O) groups excluding carboxylic acids is 2. The van der Waals surface area contributed by atoms with Crippen molar-refractivity contribution in [1.29, 1.82) is 0 Å². The zero-order chi connectivity index (χ0) is 23.9. The molecule has 7 heteroatoms. The molecule has 2 amide bonds. The van der Waals surface area contributed by atoms with E-state index in [0.717, 1.165) is 11.3 Å². The molecule has 0 spiro atoms. The van der Waals surface area contributed by atoms with E-state index in [2.05, 4.69) is 29.6 Å². The molecule has 32 heavy (non-hydrogen) atoms. The number of aryl methyl sites for hydroxylation is 1. The van der Waals surface area contributed by atoms with Crippen LogP contribution in [-0.4, -0.2) is 34.0 Å². The molecule has 2 aromatic carbocycles. The standard InChI is InChI=1S/C25H32Cl2N2O2S/c1-6-22(24(31)28-25(3,4)5)29(14-19-20(26)8-7-9-21(19)27)23(30)16-32-15-18-12-10-17(2)11-13-18/h7-13,22H,6,14-16H2,1-5H3,(H,28,31)/t22-/m0/s1. The first-order chi connectivity index (χ1) is 15.0. The van der Waals surface area contributed by atoms with E-state index in [1.807, 2.05) is 34.6 Å². The van der Waals surface area contributed by atoms with Crippen molar-refractivity contribution in [1.82, 2.24) is 10.2 Å². The third kappa shape index (κ3) is 8.02. The van der Waals surface area contributed by atoms with E-state index in [4.69, 9.17) is 23.2 Å². The summed E-state index contributed by atoms with van der Waals surface area (Å²) in [4.78, 5) is 28.0. The average molecular weight is 496 g/mol. The molecule has 1 atom stereocenters. The van der Waals surface area contributed by atoms with Gasteiger partial charge in [-0.15, -0.1) is 11.8 Å². The fourth-order valence-corrected chi connectivity index (χ4v) is 4.64. The number of thioether (sulfide) groups is 1. The van der Waals surface area contributed by atoms with Gasteiger partial charge in [-0.25, -0.2) is 0 Å². The molecular formula is C25H32Cl2N2O2S. The number of hydrogen-bond acceptors (Lipinski definition) is 3. The molecular weight excluding hydrogens is 463 g/mol. The lowest BCUT2D eigenvalue weighted by molar-refractivity contribution is -0.140. The maximum Gasteiger partial charge on any atom is 0.243 e. The first kappa shape index (κ1) is 26.6. The largest absolute Gasteiger partial charge is 0.350 e. The lowest BCUT2D eigenvalue weighted by Crippen LogP contribution is -2.53. The van der Waals surface area contributed by atoms with Crippen LogP contribution in [0.3, 0.4) is 0 Å². The van der Waals surface area contributed by atoms with E-state index in [9.17, 15) is 9.59 Å². The van der Waals surface area contributed by atoms with Crippen molar-refractivity contribution in [2.24, 2.45) is 0 Å². The van der Waals surface area contributed by atoms with Crippen LogP contribution in [0, 0.1) is 6.92 Å². The minimum absolute atomic E-state index is 0.117. The molecule has 1 N–H and O–H groups in total. The normalized spacial score (nSPS) is 12.3. The van der Waals surface area contributed by atoms with E-state index in [1.54, 1.807) is 23.1 Å². The van der Waals surface area contributed by atoms with Crippen molar-refractivity contribution in [3.05, 3.63) is 69.2 Å². The number of benzene rings is 2. The number of rotatable bonds is 9. The second-order valence-corrected chi connectivity index (χ2v) is 10.7. The summed E-state index contributed by atoms with van der Waals surface area (Å²) in [5.41, 5.74) is 2.61. The zero-order valence-electron chi connectivity index (χ0n) is 19.4. The van der Waals surface area contributed by atoms with Gasteiger partial charge in [-0.1, -0.05) is 66.0 Å². The Kier molecular flexibility index (Phi) is 9.93. The van der Waals surface area contributed by atoms with Gasteiger partial charge in [0.1, 0.15) is 6.04 Å². The Morgan fingerprint density at radius 1 is 1.06 bits per heavy atom. The Hall–Kier alpha value is -1.69. The van der Waals surface area contributed by atoms with Crippen LogP contribution in [0.1, 0.15) is 50.8 Å². The Morgan fingerprint density at radius 2 is 1.66 bits per heavy atom. The quantitative estimate of drug-likeness (QED) is 0.447. The van der Waals surface area contributed by atoms with Crippen LogP contribution in [0.4, 0.5) is 0 Å². The van der Waals surface area contributed by atoms with Gasteiger partial charge in [0, 0.05) is 33.4 Å². The highest BCUT2D eigenvalue weighted by molar-refractivity contribution is 7.99. The first-order valence-corrected chi connectivity index (χ1v) is 12.6. The minimum Gasteiger partial charge on any atom is -0.350 e. The Labute approximate surface area is 206 Å². The molecule has 0 aliphatic rings. The van der Waals surface area contributed by atoms with E-state index >= 15 is 0 Å². The Morgan fingerprint density at radius 3 is 2.19 bits per heavy atom. The summed E-state index contributed by atoms with van der Waals surface area (Å²) in [5.74, 6) is 0.682. The summed E-state index contributed by atoms with van der Waals surface area (Å²) in [6, 6.07) is 12.9. The van der Waals surface area contributed by atoms with Crippen molar-refractivity contribution in [3.8, 4) is 0 Å². The SMILES string of the molecule is CC[C@@H](C(=O)NC(C)(C)C)N(Cc1c(Cl)cccc1Cl)C(=O)CSCc1ccc(C)cc1. The molecule has 0 fully saturated rings. The molecule has 0 bridgehead atoms. The fourth-order valence-electron chi connectivity index (χ4n) is 3.25. The van der Waals surface area contributed by atoms with Crippen LogP contribution < -0.4 is 5.32 Å². The van der Waals surface area contributed by atoms with Crippen molar-refractivity contribution in [3.63, 3.8) is 0 Å². The molecule has 0 radical (unpaired) electrons. The summed E-state index contributed by atoms with van der Waals surface area (Å²) in [6.07, 6.45) is 0.484. The lowest BCUT2D eigenvalue weighted by atomic mass is 10.1. The number of amides is 2. The van der Waals surface area contributed by atoms with Crippen molar-refractivity contribution in [2.45, 2.75) is 64.9 Å². The Balaban J connectivity index is 2.22. The van der Waals surface area contributed by atoms with Crippen molar-refractivity contribution in [2.75, 3.05) is 5.75 Å². The van der Waals surface area contributed by atoms with Gasteiger partial charge in [0.05, 0.1) is 5.75 Å². The predicted molar refractivity (Wildman–Crippen MR) is 136 cm³/mol. The molecule has 2 rings (SSSR count). The number of carbonyl (C=O) groups is 2. The highest BCUT2D eigenvalue weighted by Crippen LogP contribution is 2.27. The smallest absolute Gasteiger partial charge is 0.243 e. The van der Waals surface area contributed by atoms with Gasteiger partial charge in [-0.05, 0) is 51.8 Å². The van der Waals surface area contributed by atoms with Crippen molar-refractivity contribution < 1.29 is 9.59 Å². The van der Waals surface area contributed by atoms with Crippen LogP contribution in [0.25, 0.3) is 0 Å². The van der Waals surface area contributed by atoms with Gasteiger partial charge in [-0.2, -0.15) is 0 Å². The number of hydrogen-bond donors (Lipinski definition) is 1. The molecule has 0 aliphatic heterocycles. The summed E-state index contributed by atoms with van der Waals surface area (Å²) in [7, 11) is 0. The van der Waals surface area contributed by atoms with Crippen LogP contribution in [0.15, 0.2) is 42.5 Å². The van der Waals surface area contributed by atoms with Crippen LogP contribution in [0.2, 0.25) is 10.0 Å². The predicted octanol–water partition coefficient (Wildman–Crippen LogP) is 6.26. The van der Waals surface area contributed by atoms with E-state index in [1.165, 1.54) is 17.3 Å². The second-order valence-electron chi connectivity index (χ2n) is 8.86. The summed E-state index contributed by atoms with van der Waals surface area (Å²) in [5, 5.41) is 3.96. The van der Waals surface area contributed by atoms with Crippen LogP contribution >= 0.6 is 35.0 Å². The topological polar surface area (TPSA) is 49.4 Å². The maximum absolute atomic E-state index is 13.3. The fraction of sp³-hybridized carbons (Fsp3) is 0.440. The number of halogens is 2. The second kappa shape index (κ2) is 12.0. The van der Waals surface area contributed by atoms with E-state index < -0.39 is 11.6 Å². The first-order valence-electron chi connectivity index (χ1n) is 10.7. The van der Waals surface area contributed by atoms with Gasteiger partial charge < -0.3 is 10.2 Å². The maximum atomic E-state index is 13.3. The molecule has 0 saturated carbocycles. The third-order valence-corrected chi connectivity index (χ3v) is 6.59. The molecule has 0 aliphatic carbocycles. The number of nitrogens with one attached hydrogen (secondary N) is 1. The third-order valence-electron chi connectivity index (χ3n) is 4.89. The van der Waals surface area contributed by atoms with Gasteiger partial charge in [-0.3, -0.25) is 9.59 Å². The summed E-state index contributed by atoms with van der Waals surface area (Å²) < 4.78 is 0.